The second kappa shape index (κ2) is 12.7. The molecule has 3 rings (SSSR count). The Morgan fingerprint density at radius 2 is 1.84 bits per heavy atom. The second-order valence-corrected chi connectivity index (χ2v) is 13.1. The third kappa shape index (κ3) is 6.52. The summed E-state index contributed by atoms with van der Waals surface area (Å²) in [7, 11) is -3.95. The number of unbranched alkanes of at least 4 members (excludes halogenated alkanes) is 2. The lowest BCUT2D eigenvalue weighted by molar-refractivity contribution is -0.134. The van der Waals surface area contributed by atoms with Crippen molar-refractivity contribution in [3.63, 3.8) is 0 Å². The van der Waals surface area contributed by atoms with E-state index in [0.717, 1.165) is 48.6 Å². The van der Waals surface area contributed by atoms with Crippen LogP contribution in [-0.4, -0.2) is 32.3 Å². The smallest absolute Gasteiger partial charge is 0.368 e. The van der Waals surface area contributed by atoms with Crippen LogP contribution in [0.25, 0.3) is 0 Å². The highest BCUT2D eigenvalue weighted by Gasteiger charge is 2.49. The van der Waals surface area contributed by atoms with Crippen LogP contribution in [0.15, 0.2) is 62.8 Å². The van der Waals surface area contributed by atoms with E-state index >= 15 is 0 Å². The molecule has 0 saturated heterocycles. The number of benzene rings is 2. The first-order valence-corrected chi connectivity index (χ1v) is 15.9. The first-order chi connectivity index (χ1) is 17.6. The van der Waals surface area contributed by atoms with Crippen molar-refractivity contribution in [1.82, 2.24) is 0 Å². The van der Waals surface area contributed by atoms with Gasteiger partial charge in [0.2, 0.25) is 5.83 Å². The van der Waals surface area contributed by atoms with Crippen LogP contribution >= 0.6 is 27.7 Å². The third-order valence-corrected chi connectivity index (χ3v) is 10.4. The van der Waals surface area contributed by atoms with Gasteiger partial charge in [0, 0.05) is 22.5 Å². The average Bonchev–Trinajstić information content (AvgIpc) is 2.97. The topological polar surface area (TPSA) is 92.7 Å². The van der Waals surface area contributed by atoms with E-state index in [0.29, 0.717) is 23.4 Å². The predicted molar refractivity (Wildman–Crippen MR) is 150 cm³/mol. The van der Waals surface area contributed by atoms with Crippen molar-refractivity contribution in [2.24, 2.45) is 5.41 Å². The van der Waals surface area contributed by atoms with E-state index in [4.69, 9.17) is 9.84 Å². The van der Waals surface area contributed by atoms with Crippen molar-refractivity contribution < 1.29 is 27.4 Å². The van der Waals surface area contributed by atoms with Crippen LogP contribution < -0.4 is 10.1 Å². The number of anilines is 1. The molecule has 10 heteroatoms. The molecule has 1 unspecified atom stereocenters. The normalized spacial score (nSPS) is 18.4. The van der Waals surface area contributed by atoms with Gasteiger partial charge in [-0.3, -0.25) is 0 Å². The monoisotopic (exact) mass is 613 g/mol. The number of carboxylic acids is 1. The summed E-state index contributed by atoms with van der Waals surface area (Å²) in [5.41, 5.74) is 0.641. The zero-order valence-corrected chi connectivity index (χ0v) is 24.4. The number of aliphatic carboxylic acids is 1. The number of carbonyl (C=O) groups is 1. The molecule has 202 valence electrons. The predicted octanol–water partition coefficient (Wildman–Crippen LogP) is 7.75. The number of hydrogen-bond acceptors (Lipinski definition) is 6. The number of fused-ring (bicyclic) bond motifs is 1. The van der Waals surface area contributed by atoms with E-state index < -0.39 is 32.3 Å². The van der Waals surface area contributed by atoms with E-state index in [9.17, 15) is 17.6 Å². The van der Waals surface area contributed by atoms with E-state index in [1.54, 1.807) is 12.3 Å². The molecule has 0 bridgehead atoms. The van der Waals surface area contributed by atoms with Gasteiger partial charge in [-0.2, -0.15) is 4.39 Å². The van der Waals surface area contributed by atoms with Crippen LogP contribution in [0.2, 0.25) is 0 Å². The highest BCUT2D eigenvalue weighted by Crippen LogP contribution is 2.54. The number of hydrogen-bond donors (Lipinski definition) is 2. The van der Waals surface area contributed by atoms with Crippen LogP contribution in [0.5, 0.6) is 5.75 Å². The fourth-order valence-electron chi connectivity index (χ4n) is 4.94. The Morgan fingerprint density at radius 1 is 1.22 bits per heavy atom. The molecule has 1 atom stereocenters. The minimum atomic E-state index is -3.95. The molecule has 1 aliphatic rings. The summed E-state index contributed by atoms with van der Waals surface area (Å²) in [4.78, 5) is 11.5. The summed E-state index contributed by atoms with van der Waals surface area (Å²) in [6, 6.07) is 10.5. The molecule has 2 N–H and O–H groups in total. The van der Waals surface area contributed by atoms with Crippen LogP contribution in [-0.2, 0) is 14.6 Å². The largest absolute Gasteiger partial charge is 0.476 e. The van der Waals surface area contributed by atoms with Crippen LogP contribution in [0.1, 0.15) is 63.2 Å². The summed E-state index contributed by atoms with van der Waals surface area (Å²) in [6.45, 7) is 4.70. The van der Waals surface area contributed by atoms with Gasteiger partial charge >= 0.3 is 5.97 Å². The lowest BCUT2D eigenvalue weighted by Gasteiger charge is -2.40. The van der Waals surface area contributed by atoms with Gasteiger partial charge in [-0.1, -0.05) is 67.6 Å². The fourth-order valence-corrected chi connectivity index (χ4v) is 8.21. The zero-order valence-electron chi connectivity index (χ0n) is 21.2. The number of nitrogens with one attached hydrogen (secondary N) is 1. The van der Waals surface area contributed by atoms with Crippen LogP contribution in [0.4, 0.5) is 10.1 Å². The molecular weight excluding hydrogens is 581 g/mol. The number of carboxylic acid groups (broad SMARTS) is 1. The highest BCUT2D eigenvalue weighted by molar-refractivity contribution is 9.10. The Hall–Kier alpha value is -2.04. The number of thioether (sulfide) groups is 1. The standard InChI is InChI=1S/C27H33BrFNO5S2/c1-4-6-12-27(13-7-5-2)17-30-21-14-23(36-3)22(35-16-20(29)26(31)32)15-24(21)37(33,34)25(27)18-8-10-19(28)11-9-18/h8-11,14-16,25,30H,4-7,12-13,17H2,1-3H3,(H,31,32)/b20-16-. The van der Waals surface area contributed by atoms with Gasteiger partial charge in [0.05, 0.1) is 20.7 Å². The second-order valence-electron chi connectivity index (χ2n) is 9.29. The molecule has 0 aliphatic carbocycles. The molecule has 1 heterocycles. The third-order valence-electron chi connectivity index (χ3n) is 6.79. The minimum Gasteiger partial charge on any atom is -0.476 e. The molecule has 0 amide bonds. The van der Waals surface area contributed by atoms with Gasteiger partial charge in [-0.15, -0.1) is 11.8 Å². The first-order valence-electron chi connectivity index (χ1n) is 12.3. The highest BCUT2D eigenvalue weighted by atomic mass is 79.9. The molecule has 0 radical (unpaired) electrons. The average molecular weight is 615 g/mol. The Balaban J connectivity index is 2.25. The maximum absolute atomic E-state index is 14.6. The van der Waals surface area contributed by atoms with E-state index in [2.05, 4.69) is 35.1 Å². The quantitative estimate of drug-likeness (QED) is 0.152. The van der Waals surface area contributed by atoms with Crippen molar-refractivity contribution in [2.45, 2.75) is 67.4 Å². The Kier molecular flexibility index (Phi) is 10.1. The molecule has 1 aliphatic heterocycles. The molecule has 0 saturated carbocycles. The van der Waals surface area contributed by atoms with Crippen LogP contribution in [0.3, 0.4) is 0 Å². The SMILES string of the molecule is CCCCC1(CCCC)CNc2cc(SC)c(O/C=C(\F)C(=O)O)cc2S(=O)(=O)C1c1ccc(Br)cc1. The number of ether oxygens (including phenoxy) is 1. The van der Waals surface area contributed by atoms with Crippen LogP contribution in [0, 0.1) is 5.41 Å². The van der Waals surface area contributed by atoms with Gasteiger partial charge in [-0.25, -0.2) is 13.2 Å². The summed E-state index contributed by atoms with van der Waals surface area (Å²) >= 11 is 4.76. The summed E-state index contributed by atoms with van der Waals surface area (Å²) in [5.74, 6) is -3.16. The maximum atomic E-state index is 14.6. The van der Waals surface area contributed by atoms with E-state index in [-0.39, 0.29) is 10.6 Å². The number of sulfone groups is 1. The van der Waals surface area contributed by atoms with Gasteiger partial charge in [0.15, 0.2) is 9.84 Å². The molecule has 0 spiro atoms. The van der Waals surface area contributed by atoms with E-state index in [1.807, 2.05) is 24.3 Å². The Morgan fingerprint density at radius 3 is 2.38 bits per heavy atom. The Labute approximate surface area is 231 Å². The summed E-state index contributed by atoms with van der Waals surface area (Å²) in [5, 5.41) is 11.5. The molecule has 0 aromatic heterocycles. The lowest BCUT2D eigenvalue weighted by Crippen LogP contribution is -2.38. The maximum Gasteiger partial charge on any atom is 0.368 e. The molecular formula is C27H33BrFNO5S2. The lowest BCUT2D eigenvalue weighted by atomic mass is 9.73. The number of rotatable bonds is 11. The first kappa shape index (κ1) is 29.5. The summed E-state index contributed by atoms with van der Waals surface area (Å²) in [6.07, 6.45) is 7.45. The van der Waals surface area contributed by atoms with Gasteiger partial charge in [-0.05, 0) is 42.9 Å². The van der Waals surface area contributed by atoms with Gasteiger partial charge < -0.3 is 15.2 Å². The molecule has 37 heavy (non-hydrogen) atoms. The molecule has 6 nitrogen and oxygen atoms in total. The van der Waals surface area contributed by atoms with Crippen molar-refractivity contribution in [3.05, 3.63) is 58.5 Å². The Bertz CT molecular complexity index is 1240. The van der Waals surface area contributed by atoms with Gasteiger partial charge in [0.25, 0.3) is 0 Å². The van der Waals surface area contributed by atoms with Crippen molar-refractivity contribution in [2.75, 3.05) is 18.1 Å². The summed E-state index contributed by atoms with van der Waals surface area (Å²) < 4.78 is 49.0. The van der Waals surface area contributed by atoms with Crippen molar-refractivity contribution in [3.8, 4) is 5.75 Å². The zero-order chi connectivity index (χ0) is 27.2. The fraction of sp³-hybridized carbons (Fsp3) is 0.444. The van der Waals surface area contributed by atoms with E-state index in [1.165, 1.54) is 17.8 Å². The van der Waals surface area contributed by atoms with Crippen molar-refractivity contribution >= 4 is 49.2 Å². The molecule has 2 aromatic carbocycles. The molecule has 2 aromatic rings. The van der Waals surface area contributed by atoms with Gasteiger partial charge in [0.1, 0.15) is 12.0 Å². The number of halogens is 2. The minimum absolute atomic E-state index is 0.0622. The van der Waals surface area contributed by atoms with Crippen molar-refractivity contribution in [1.29, 1.82) is 0 Å². The molecule has 0 fully saturated rings.